The van der Waals surface area contributed by atoms with Gasteiger partial charge in [-0.2, -0.15) is 0 Å². The molecule has 0 N–H and O–H groups in total. The number of rotatable bonds is 5. The fraction of sp³-hybridized carbons (Fsp3) is 0.600. The zero-order valence-corrected chi connectivity index (χ0v) is 15.1. The molecule has 0 bridgehead atoms. The summed E-state index contributed by atoms with van der Waals surface area (Å²) >= 11 is 0. The van der Waals surface area contributed by atoms with E-state index in [-0.39, 0.29) is 23.9 Å². The van der Waals surface area contributed by atoms with Gasteiger partial charge in [-0.25, -0.2) is 0 Å². The van der Waals surface area contributed by atoms with Crippen LogP contribution in [0, 0.1) is 11.3 Å². The Kier molecular flexibility index (Phi) is 6.41. The van der Waals surface area contributed by atoms with E-state index in [4.69, 9.17) is 4.74 Å². The maximum Gasteiger partial charge on any atom is 0.306 e. The first kappa shape index (κ1) is 18.5. The Hall–Kier alpha value is -1.84. The Morgan fingerprint density at radius 3 is 2.33 bits per heavy atom. The highest BCUT2D eigenvalue weighted by molar-refractivity contribution is 5.80. The van der Waals surface area contributed by atoms with Gasteiger partial charge in [0.25, 0.3) is 5.91 Å². The van der Waals surface area contributed by atoms with Crippen LogP contribution in [-0.4, -0.2) is 36.5 Å². The van der Waals surface area contributed by atoms with Crippen molar-refractivity contribution in [3.05, 3.63) is 35.9 Å². The highest BCUT2D eigenvalue weighted by Gasteiger charge is 2.24. The Balaban J connectivity index is 1.70. The van der Waals surface area contributed by atoms with Crippen molar-refractivity contribution in [3.8, 4) is 0 Å². The van der Waals surface area contributed by atoms with Crippen LogP contribution in [0.1, 0.15) is 45.6 Å². The molecule has 132 valence electrons. The minimum atomic E-state index is -0.296. The van der Waals surface area contributed by atoms with Gasteiger partial charge < -0.3 is 9.64 Å². The normalized spacial score (nSPS) is 16.0. The van der Waals surface area contributed by atoms with Crippen LogP contribution in [0.15, 0.2) is 30.3 Å². The molecule has 1 amide bonds. The van der Waals surface area contributed by atoms with Gasteiger partial charge in [-0.05, 0) is 36.2 Å². The van der Waals surface area contributed by atoms with E-state index in [9.17, 15) is 9.59 Å². The van der Waals surface area contributed by atoms with E-state index in [1.54, 1.807) is 0 Å². The maximum atomic E-state index is 12.2. The third-order valence-electron chi connectivity index (χ3n) is 4.37. The van der Waals surface area contributed by atoms with Crippen LogP contribution in [0.5, 0.6) is 0 Å². The van der Waals surface area contributed by atoms with Crippen LogP contribution in [0.3, 0.4) is 0 Å². The summed E-state index contributed by atoms with van der Waals surface area (Å²) < 4.78 is 5.13. The van der Waals surface area contributed by atoms with Crippen molar-refractivity contribution in [2.45, 2.75) is 46.5 Å². The summed E-state index contributed by atoms with van der Waals surface area (Å²) in [5.74, 6) is 0.255. The quantitative estimate of drug-likeness (QED) is 0.777. The number of piperidine rings is 1. The van der Waals surface area contributed by atoms with E-state index in [0.717, 1.165) is 32.4 Å². The summed E-state index contributed by atoms with van der Waals surface area (Å²) in [7, 11) is 0. The lowest BCUT2D eigenvalue weighted by atomic mass is 9.90. The zero-order valence-electron chi connectivity index (χ0n) is 15.1. The van der Waals surface area contributed by atoms with Gasteiger partial charge in [-0.3, -0.25) is 9.59 Å². The molecule has 1 aromatic rings. The van der Waals surface area contributed by atoms with Gasteiger partial charge in [-0.15, -0.1) is 0 Å². The second kappa shape index (κ2) is 8.32. The van der Waals surface area contributed by atoms with Crippen molar-refractivity contribution in [2.24, 2.45) is 11.3 Å². The van der Waals surface area contributed by atoms with Crippen molar-refractivity contribution in [1.29, 1.82) is 0 Å². The molecule has 24 heavy (non-hydrogen) atoms. The molecule has 0 unspecified atom stereocenters. The number of benzene rings is 1. The second-order valence-electron chi connectivity index (χ2n) is 7.91. The van der Waals surface area contributed by atoms with Crippen LogP contribution in [0.2, 0.25) is 0 Å². The van der Waals surface area contributed by atoms with Gasteiger partial charge in [0.1, 0.15) is 0 Å². The predicted octanol–water partition coefficient (Wildman–Crippen LogP) is 3.45. The number of esters is 1. The van der Waals surface area contributed by atoms with Gasteiger partial charge in [-0.1, -0.05) is 51.1 Å². The van der Waals surface area contributed by atoms with Crippen LogP contribution < -0.4 is 0 Å². The number of amides is 1. The van der Waals surface area contributed by atoms with Crippen molar-refractivity contribution in [3.63, 3.8) is 0 Å². The fourth-order valence-corrected chi connectivity index (χ4v) is 3.05. The number of carbonyl (C=O) groups excluding carboxylic acids is 2. The highest BCUT2D eigenvalue weighted by atomic mass is 16.5. The number of carbonyl (C=O) groups is 2. The zero-order chi connectivity index (χ0) is 17.6. The number of ether oxygens (including phenoxy) is 1. The maximum absolute atomic E-state index is 12.2. The lowest BCUT2D eigenvalue weighted by Gasteiger charge is -2.32. The molecule has 4 heteroatoms. The number of hydrogen-bond donors (Lipinski definition) is 0. The Morgan fingerprint density at radius 1 is 1.12 bits per heavy atom. The Bertz CT molecular complexity index is 540. The smallest absolute Gasteiger partial charge is 0.306 e. The standard InChI is InChI=1S/C20H29NO3/c1-20(2,3)14-19(23)24-15-18(22)21-11-9-17(10-12-21)13-16-7-5-4-6-8-16/h4-8,17H,9-15H2,1-3H3. The van der Waals surface area contributed by atoms with Crippen molar-refractivity contribution >= 4 is 11.9 Å². The third kappa shape index (κ3) is 6.34. The van der Waals surface area contributed by atoms with E-state index in [0.29, 0.717) is 12.3 Å². The average molecular weight is 331 g/mol. The summed E-state index contributed by atoms with van der Waals surface area (Å²) in [4.78, 5) is 25.7. The molecule has 4 nitrogen and oxygen atoms in total. The summed E-state index contributed by atoms with van der Waals surface area (Å²) in [6.07, 6.45) is 3.43. The lowest BCUT2D eigenvalue weighted by molar-refractivity contribution is -0.154. The molecule has 0 saturated carbocycles. The first-order valence-corrected chi connectivity index (χ1v) is 8.81. The largest absolute Gasteiger partial charge is 0.456 e. The molecule has 1 fully saturated rings. The molecule has 1 aromatic carbocycles. The number of hydrogen-bond acceptors (Lipinski definition) is 3. The summed E-state index contributed by atoms with van der Waals surface area (Å²) in [5.41, 5.74) is 1.24. The van der Waals surface area contributed by atoms with Crippen LogP contribution in [-0.2, 0) is 20.7 Å². The van der Waals surface area contributed by atoms with Crippen LogP contribution >= 0.6 is 0 Å². The minimum Gasteiger partial charge on any atom is -0.456 e. The van der Waals surface area contributed by atoms with Gasteiger partial charge in [0.05, 0.1) is 6.42 Å². The first-order chi connectivity index (χ1) is 11.3. The van der Waals surface area contributed by atoms with Gasteiger partial charge in [0.2, 0.25) is 0 Å². The Morgan fingerprint density at radius 2 is 1.75 bits per heavy atom. The third-order valence-corrected chi connectivity index (χ3v) is 4.37. The molecule has 0 atom stereocenters. The highest BCUT2D eigenvalue weighted by Crippen LogP contribution is 2.22. The molecule has 1 aliphatic rings. The average Bonchev–Trinajstić information content (AvgIpc) is 2.53. The fourth-order valence-electron chi connectivity index (χ4n) is 3.05. The molecular weight excluding hydrogens is 302 g/mol. The van der Waals surface area contributed by atoms with Gasteiger partial charge in [0, 0.05) is 13.1 Å². The molecule has 0 aromatic heterocycles. The minimum absolute atomic E-state index is 0.0737. The van der Waals surface area contributed by atoms with Crippen LogP contribution in [0.4, 0.5) is 0 Å². The topological polar surface area (TPSA) is 46.6 Å². The van der Waals surface area contributed by atoms with Crippen LogP contribution in [0.25, 0.3) is 0 Å². The summed E-state index contributed by atoms with van der Waals surface area (Å²) in [5, 5.41) is 0. The molecule has 2 rings (SSSR count). The van der Waals surface area contributed by atoms with E-state index in [1.165, 1.54) is 5.56 Å². The summed E-state index contributed by atoms with van der Waals surface area (Å²) in [6, 6.07) is 10.5. The van der Waals surface area contributed by atoms with Crippen molar-refractivity contribution < 1.29 is 14.3 Å². The number of nitrogens with zero attached hydrogens (tertiary/aromatic N) is 1. The monoisotopic (exact) mass is 331 g/mol. The molecule has 0 aliphatic carbocycles. The van der Waals surface area contributed by atoms with Gasteiger partial charge >= 0.3 is 5.97 Å². The predicted molar refractivity (Wildman–Crippen MR) is 94.5 cm³/mol. The molecule has 1 saturated heterocycles. The van der Waals surface area contributed by atoms with Gasteiger partial charge in [0.15, 0.2) is 6.61 Å². The Labute approximate surface area is 145 Å². The SMILES string of the molecule is CC(C)(C)CC(=O)OCC(=O)N1CCC(Cc2ccccc2)CC1. The van der Waals surface area contributed by atoms with E-state index >= 15 is 0 Å². The van der Waals surface area contributed by atoms with E-state index < -0.39 is 0 Å². The molecule has 0 spiro atoms. The first-order valence-electron chi connectivity index (χ1n) is 8.81. The molecular formula is C20H29NO3. The molecule has 1 aliphatic heterocycles. The van der Waals surface area contributed by atoms with E-state index in [2.05, 4.69) is 24.3 Å². The number of likely N-dealkylation sites (tertiary alicyclic amines) is 1. The van der Waals surface area contributed by atoms with Crippen molar-refractivity contribution in [2.75, 3.05) is 19.7 Å². The lowest BCUT2D eigenvalue weighted by Crippen LogP contribution is -2.41. The van der Waals surface area contributed by atoms with Crippen molar-refractivity contribution in [1.82, 2.24) is 4.90 Å². The second-order valence-corrected chi connectivity index (χ2v) is 7.91. The molecule has 0 radical (unpaired) electrons. The molecule has 1 heterocycles. The summed E-state index contributed by atoms with van der Waals surface area (Å²) in [6.45, 7) is 7.33. The van der Waals surface area contributed by atoms with E-state index in [1.807, 2.05) is 31.7 Å².